The number of aromatic carboxylic acids is 1. The molecule has 168 valence electrons. The molecule has 7 heteroatoms. The van der Waals surface area contributed by atoms with Crippen LogP contribution in [0.15, 0.2) is 6.20 Å². The molecule has 4 bridgehead atoms. The van der Waals surface area contributed by atoms with Gasteiger partial charge >= 0.3 is 5.97 Å². The van der Waals surface area contributed by atoms with Crippen LogP contribution in [0, 0.1) is 23.7 Å². The normalized spacial score (nSPS) is 33.4. The summed E-state index contributed by atoms with van der Waals surface area (Å²) in [5, 5.41) is 23.1. The number of hydrogen-bond donors (Lipinski definition) is 3. The first kappa shape index (κ1) is 21.6. The number of nitrogens with two attached hydrogens (primary N) is 1. The zero-order chi connectivity index (χ0) is 21.6. The maximum Gasteiger partial charge on any atom is 0.341 e. The van der Waals surface area contributed by atoms with E-state index in [9.17, 15) is 15.0 Å². The van der Waals surface area contributed by atoms with Crippen molar-refractivity contribution in [2.75, 3.05) is 18.0 Å². The first-order valence-corrected chi connectivity index (χ1v) is 11.6. The lowest BCUT2D eigenvalue weighted by atomic mass is 9.54. The second-order valence-corrected chi connectivity index (χ2v) is 11.0. The summed E-state index contributed by atoms with van der Waals surface area (Å²) in [6, 6.07) is 0.586. The molecule has 4 N–H and O–H groups in total. The van der Waals surface area contributed by atoms with E-state index in [4.69, 9.17) is 5.73 Å². The van der Waals surface area contributed by atoms with Crippen molar-refractivity contribution in [2.24, 2.45) is 29.4 Å². The van der Waals surface area contributed by atoms with E-state index >= 15 is 0 Å². The van der Waals surface area contributed by atoms with Crippen molar-refractivity contribution < 1.29 is 15.0 Å². The minimum atomic E-state index is -0.961. The van der Waals surface area contributed by atoms with Gasteiger partial charge in [-0.25, -0.2) is 9.48 Å². The first-order chi connectivity index (χ1) is 14.1. The second kappa shape index (κ2) is 8.15. The van der Waals surface area contributed by atoms with Crippen molar-refractivity contribution in [3.05, 3.63) is 11.8 Å². The van der Waals surface area contributed by atoms with Gasteiger partial charge in [0, 0.05) is 19.1 Å². The summed E-state index contributed by atoms with van der Waals surface area (Å²) in [7, 11) is 0. The maximum absolute atomic E-state index is 11.3. The van der Waals surface area contributed by atoms with E-state index < -0.39 is 5.97 Å². The van der Waals surface area contributed by atoms with Gasteiger partial charge in [-0.2, -0.15) is 5.10 Å². The fourth-order valence-electron chi connectivity index (χ4n) is 6.33. The van der Waals surface area contributed by atoms with Crippen LogP contribution in [-0.4, -0.2) is 51.2 Å². The van der Waals surface area contributed by atoms with Crippen LogP contribution in [0.4, 0.5) is 5.82 Å². The minimum Gasteiger partial charge on any atom is -0.477 e. The molecule has 0 spiro atoms. The zero-order valence-electron chi connectivity index (χ0n) is 18.6. The average molecular weight is 419 g/mol. The van der Waals surface area contributed by atoms with Crippen LogP contribution in [-0.2, 0) is 5.54 Å². The molecule has 7 nitrogen and oxygen atoms in total. The second-order valence-electron chi connectivity index (χ2n) is 11.0. The van der Waals surface area contributed by atoms with Crippen molar-refractivity contribution in [3.8, 4) is 0 Å². The quantitative estimate of drug-likeness (QED) is 0.682. The molecule has 0 atom stereocenters. The van der Waals surface area contributed by atoms with Gasteiger partial charge in [0.15, 0.2) is 0 Å². The lowest BCUT2D eigenvalue weighted by Gasteiger charge is -2.53. The summed E-state index contributed by atoms with van der Waals surface area (Å²) in [6.45, 7) is 7.29. The lowest BCUT2D eigenvalue weighted by molar-refractivity contribution is 0.000349. The summed E-state index contributed by atoms with van der Waals surface area (Å²) in [4.78, 5) is 13.3. The number of rotatable bonds is 2. The Bertz CT molecular complexity index is 733. The number of nitrogens with zero attached hydrogens (tertiary/aromatic N) is 3. The van der Waals surface area contributed by atoms with Crippen LogP contribution in [0.3, 0.4) is 0 Å². The Balaban J connectivity index is 0.000000165. The molecule has 4 saturated carbocycles. The van der Waals surface area contributed by atoms with Gasteiger partial charge in [-0.05, 0) is 89.4 Å². The lowest BCUT2D eigenvalue weighted by Crippen LogP contribution is -2.52. The molecular weight excluding hydrogens is 380 g/mol. The van der Waals surface area contributed by atoms with Gasteiger partial charge in [0.2, 0.25) is 0 Å². The molecule has 0 unspecified atom stereocenters. The molecule has 0 radical (unpaired) electrons. The Morgan fingerprint density at radius 2 is 1.60 bits per heavy atom. The molecule has 0 amide bonds. The number of aliphatic hydroxyl groups is 1. The largest absolute Gasteiger partial charge is 0.477 e. The fourth-order valence-corrected chi connectivity index (χ4v) is 6.33. The van der Waals surface area contributed by atoms with Crippen molar-refractivity contribution in [1.29, 1.82) is 0 Å². The van der Waals surface area contributed by atoms with Crippen LogP contribution in [0.2, 0.25) is 0 Å². The van der Waals surface area contributed by atoms with E-state index in [1.807, 2.05) is 25.7 Å². The highest BCUT2D eigenvalue weighted by Crippen LogP contribution is 2.52. The minimum absolute atomic E-state index is 0.228. The smallest absolute Gasteiger partial charge is 0.341 e. The highest BCUT2D eigenvalue weighted by atomic mass is 16.4. The van der Waals surface area contributed by atoms with Gasteiger partial charge in [0.1, 0.15) is 11.4 Å². The highest BCUT2D eigenvalue weighted by Gasteiger charge is 2.46. The molecule has 1 saturated heterocycles. The van der Waals surface area contributed by atoms with E-state index in [2.05, 4.69) is 5.10 Å². The van der Waals surface area contributed by atoms with Crippen LogP contribution >= 0.6 is 0 Å². The van der Waals surface area contributed by atoms with E-state index in [1.54, 1.807) is 11.1 Å². The van der Waals surface area contributed by atoms with E-state index in [0.717, 1.165) is 23.7 Å². The topological polar surface area (TPSA) is 105 Å². The van der Waals surface area contributed by atoms with E-state index in [0.29, 0.717) is 37.8 Å². The van der Waals surface area contributed by atoms with Crippen LogP contribution in [0.25, 0.3) is 0 Å². The van der Waals surface area contributed by atoms with Gasteiger partial charge in [0.05, 0.1) is 17.8 Å². The molecule has 30 heavy (non-hydrogen) atoms. The van der Waals surface area contributed by atoms with Gasteiger partial charge in [-0.15, -0.1) is 0 Å². The summed E-state index contributed by atoms with van der Waals surface area (Å²) in [5.74, 6) is 3.69. The molecule has 6 rings (SSSR count). The molecule has 1 aromatic heterocycles. The Morgan fingerprint density at radius 3 is 2.07 bits per heavy atom. The van der Waals surface area contributed by atoms with Gasteiger partial charge in [-0.3, -0.25) is 0 Å². The molecule has 1 aliphatic heterocycles. The summed E-state index contributed by atoms with van der Waals surface area (Å²) < 4.78 is 1.76. The Kier molecular flexibility index (Phi) is 5.88. The summed E-state index contributed by atoms with van der Waals surface area (Å²) in [5.41, 5.74) is 6.12. The number of carboxylic acids is 1. The number of hydrogen-bond acceptors (Lipinski definition) is 5. The zero-order valence-corrected chi connectivity index (χ0v) is 18.6. The molecule has 1 aromatic rings. The number of aromatic nitrogens is 2. The van der Waals surface area contributed by atoms with Gasteiger partial charge < -0.3 is 20.8 Å². The van der Waals surface area contributed by atoms with E-state index in [1.165, 1.54) is 31.9 Å². The third-order valence-electron chi connectivity index (χ3n) is 7.67. The number of piperidine rings is 1. The fraction of sp³-hybridized carbons (Fsp3) is 0.826. The Labute approximate surface area is 179 Å². The number of aliphatic hydroxyl groups excluding tert-OH is 1. The first-order valence-electron chi connectivity index (χ1n) is 11.6. The predicted molar refractivity (Wildman–Crippen MR) is 117 cm³/mol. The third kappa shape index (κ3) is 4.24. The highest BCUT2D eigenvalue weighted by molar-refractivity contribution is 5.93. The van der Waals surface area contributed by atoms with Crippen LogP contribution in [0.5, 0.6) is 0 Å². The molecule has 5 fully saturated rings. The molecular formula is C23H38N4O3. The van der Waals surface area contributed by atoms with Crippen molar-refractivity contribution in [1.82, 2.24) is 9.78 Å². The van der Waals surface area contributed by atoms with Crippen LogP contribution in [0.1, 0.15) is 76.1 Å². The summed E-state index contributed by atoms with van der Waals surface area (Å²) in [6.07, 6.45) is 9.86. The summed E-state index contributed by atoms with van der Waals surface area (Å²) >= 11 is 0. The Hall–Kier alpha value is -1.60. The van der Waals surface area contributed by atoms with Crippen molar-refractivity contribution in [3.63, 3.8) is 0 Å². The third-order valence-corrected chi connectivity index (χ3v) is 7.67. The standard InChI is InChI=1S/C13H21N3O3.C10H17N/c1-13(2,3)16-11(10(8-14-16)12(18)19)15-6-4-9(17)5-7-15;11-10-8-2-6-1-7(4-8)5-9(10)3-6/h8-9,17H,4-7H2,1-3H3,(H,18,19);6-10H,1-5,11H2. The average Bonchev–Trinajstić information content (AvgIpc) is 3.12. The van der Waals surface area contributed by atoms with Crippen LogP contribution < -0.4 is 10.6 Å². The molecule has 4 aliphatic carbocycles. The number of anilines is 1. The maximum atomic E-state index is 11.3. The van der Waals surface area contributed by atoms with E-state index in [-0.39, 0.29) is 17.2 Å². The SMILES string of the molecule is CC(C)(C)n1ncc(C(=O)O)c1N1CCC(O)CC1.NC1C2CC3CC(C2)CC1C3. The number of carboxylic acid groups (broad SMARTS) is 1. The molecule has 5 aliphatic rings. The molecule has 2 heterocycles. The van der Waals surface area contributed by atoms with Crippen molar-refractivity contribution >= 4 is 11.8 Å². The number of carbonyl (C=O) groups is 1. The molecule has 0 aromatic carbocycles. The predicted octanol–water partition coefficient (Wildman–Crippen LogP) is 3.07. The Morgan fingerprint density at radius 1 is 1.07 bits per heavy atom. The monoisotopic (exact) mass is 418 g/mol. The van der Waals surface area contributed by atoms with Gasteiger partial charge in [-0.1, -0.05) is 0 Å². The van der Waals surface area contributed by atoms with Gasteiger partial charge in [0.25, 0.3) is 0 Å². The van der Waals surface area contributed by atoms with Crippen molar-refractivity contribution in [2.45, 2.75) is 83.4 Å².